The van der Waals surface area contributed by atoms with Gasteiger partial charge in [0, 0.05) is 25.0 Å². The van der Waals surface area contributed by atoms with Gasteiger partial charge in [-0.3, -0.25) is 14.4 Å². The lowest BCUT2D eigenvalue weighted by Gasteiger charge is -2.37. The molecule has 0 aliphatic carbocycles. The van der Waals surface area contributed by atoms with Crippen molar-refractivity contribution >= 4 is 34.0 Å². The maximum Gasteiger partial charge on any atom is 0.192 e. The lowest BCUT2D eigenvalue weighted by molar-refractivity contribution is -0.140. The van der Waals surface area contributed by atoms with Crippen LogP contribution in [-0.4, -0.2) is 47.2 Å². The molecule has 0 aromatic heterocycles. The smallest absolute Gasteiger partial charge is 0.192 e. The second-order valence-electron chi connectivity index (χ2n) is 12.6. The lowest BCUT2D eigenvalue weighted by Crippen LogP contribution is -2.44. The number of hydrogen-bond acceptors (Lipinski definition) is 5. The summed E-state index contributed by atoms with van der Waals surface area (Å²) < 4.78 is 12.3. The zero-order valence-electron chi connectivity index (χ0n) is 23.3. The summed E-state index contributed by atoms with van der Waals surface area (Å²) in [5, 5.41) is 0.113. The van der Waals surface area contributed by atoms with E-state index in [1.807, 2.05) is 0 Å². The fourth-order valence-corrected chi connectivity index (χ4v) is 4.97. The molecule has 32 heavy (non-hydrogen) atoms. The average molecular weight is 487 g/mol. The number of carbonyl (C=O) groups excluding carboxylic acids is 3. The summed E-state index contributed by atoms with van der Waals surface area (Å²) in [5.74, 6) is -3.02. The van der Waals surface area contributed by atoms with Crippen LogP contribution in [0.5, 0.6) is 0 Å². The van der Waals surface area contributed by atoms with Crippen LogP contribution in [-0.2, 0) is 23.2 Å². The summed E-state index contributed by atoms with van der Waals surface area (Å²) in [5.41, 5.74) is 0. The number of hydrogen-bond donors (Lipinski definition) is 0. The van der Waals surface area contributed by atoms with Crippen molar-refractivity contribution < 1.29 is 23.2 Å². The van der Waals surface area contributed by atoms with Gasteiger partial charge in [-0.25, -0.2) is 0 Å². The first-order valence-electron chi connectivity index (χ1n) is 12.0. The van der Waals surface area contributed by atoms with Crippen LogP contribution in [0.2, 0.25) is 36.3 Å². The molecule has 5 nitrogen and oxygen atoms in total. The SMILES string of the molecule is CC(CO[Si](C)(C)C(C)(C)C)C(=O)C(C)C(=O)C(C)C(=O)C(C)CO[Si](C)(C)C(C)(C)C. The highest BCUT2D eigenvalue weighted by Crippen LogP contribution is 2.38. The third-order valence-electron chi connectivity index (χ3n) is 7.68. The van der Waals surface area contributed by atoms with E-state index in [4.69, 9.17) is 8.85 Å². The number of carbonyl (C=O) groups is 3. The second kappa shape index (κ2) is 11.2. The normalized spacial score (nSPS) is 17.4. The summed E-state index contributed by atoms with van der Waals surface area (Å²) >= 11 is 0. The monoisotopic (exact) mass is 486 g/mol. The van der Waals surface area contributed by atoms with Crippen LogP contribution >= 0.6 is 0 Å². The molecular formula is C25H50O5Si2. The van der Waals surface area contributed by atoms with E-state index in [9.17, 15) is 14.4 Å². The zero-order chi connectivity index (χ0) is 25.9. The van der Waals surface area contributed by atoms with Crippen LogP contribution in [0.3, 0.4) is 0 Å². The van der Waals surface area contributed by atoms with Gasteiger partial charge in [-0.15, -0.1) is 0 Å². The molecule has 0 aliphatic rings. The molecule has 7 heteroatoms. The summed E-state index contributed by atoms with van der Waals surface area (Å²) in [6.45, 7) is 29.0. The molecule has 0 aromatic rings. The largest absolute Gasteiger partial charge is 0.416 e. The van der Waals surface area contributed by atoms with Gasteiger partial charge in [-0.2, -0.15) is 0 Å². The molecule has 0 bridgehead atoms. The first-order chi connectivity index (χ1) is 14.1. The Hall–Kier alpha value is -0.636. The highest BCUT2D eigenvalue weighted by Gasteiger charge is 2.40. The molecular weight excluding hydrogens is 436 g/mol. The van der Waals surface area contributed by atoms with Gasteiger partial charge in [0.25, 0.3) is 0 Å². The van der Waals surface area contributed by atoms with E-state index in [2.05, 4.69) is 67.7 Å². The topological polar surface area (TPSA) is 69.7 Å². The molecule has 0 heterocycles. The molecule has 0 saturated heterocycles. The Morgan fingerprint density at radius 2 is 0.844 bits per heavy atom. The Morgan fingerprint density at radius 1 is 0.594 bits per heavy atom. The maximum absolute atomic E-state index is 12.9. The van der Waals surface area contributed by atoms with Crippen LogP contribution in [0, 0.1) is 23.7 Å². The second-order valence-corrected chi connectivity index (χ2v) is 22.2. The molecule has 0 aromatic carbocycles. The van der Waals surface area contributed by atoms with E-state index in [1.165, 1.54) is 0 Å². The zero-order valence-corrected chi connectivity index (χ0v) is 25.3. The van der Waals surface area contributed by atoms with Crippen molar-refractivity contribution in [2.45, 2.75) is 106 Å². The van der Waals surface area contributed by atoms with Gasteiger partial charge >= 0.3 is 0 Å². The van der Waals surface area contributed by atoms with Crippen LogP contribution in [0.25, 0.3) is 0 Å². The Kier molecular flexibility index (Phi) is 11.0. The Labute approximate surface area is 199 Å². The summed E-state index contributed by atoms with van der Waals surface area (Å²) in [4.78, 5) is 38.7. The minimum Gasteiger partial charge on any atom is -0.416 e. The molecule has 0 rings (SSSR count). The average Bonchev–Trinajstić information content (AvgIpc) is 2.65. The first kappa shape index (κ1) is 31.4. The van der Waals surface area contributed by atoms with E-state index in [-0.39, 0.29) is 39.3 Å². The molecule has 0 spiro atoms. The minimum absolute atomic E-state index is 0.0563. The third kappa shape index (κ3) is 8.30. The Bertz CT molecular complexity index is 615. The fraction of sp³-hybridized carbons (Fsp3) is 0.880. The molecule has 0 N–H and O–H groups in total. The van der Waals surface area contributed by atoms with E-state index in [0.717, 1.165) is 0 Å². The van der Waals surface area contributed by atoms with Crippen molar-refractivity contribution in [1.29, 1.82) is 0 Å². The maximum atomic E-state index is 12.9. The predicted molar refractivity (Wildman–Crippen MR) is 138 cm³/mol. The quantitative estimate of drug-likeness (QED) is 0.240. The number of Topliss-reactive ketones (excluding diaryl/α,β-unsaturated/α-hetero) is 3. The minimum atomic E-state index is -1.97. The molecule has 0 fully saturated rings. The summed E-state index contributed by atoms with van der Waals surface area (Å²) in [6, 6.07) is 0. The summed E-state index contributed by atoms with van der Waals surface area (Å²) in [7, 11) is -3.94. The van der Waals surface area contributed by atoms with Gasteiger partial charge < -0.3 is 8.85 Å². The first-order valence-corrected chi connectivity index (χ1v) is 17.8. The van der Waals surface area contributed by atoms with Gasteiger partial charge in [0.2, 0.25) is 0 Å². The number of ketones is 3. The van der Waals surface area contributed by atoms with Gasteiger partial charge in [-0.05, 0) is 50.1 Å². The Morgan fingerprint density at radius 3 is 1.06 bits per heavy atom. The predicted octanol–water partition coefficient (Wildman–Crippen LogP) is 6.28. The number of rotatable bonds is 12. The molecule has 0 amide bonds. The van der Waals surface area contributed by atoms with Crippen molar-refractivity contribution in [3.8, 4) is 0 Å². The molecule has 188 valence electrons. The van der Waals surface area contributed by atoms with Crippen molar-refractivity contribution in [3.63, 3.8) is 0 Å². The van der Waals surface area contributed by atoms with E-state index in [1.54, 1.807) is 27.7 Å². The van der Waals surface area contributed by atoms with Crippen molar-refractivity contribution in [3.05, 3.63) is 0 Å². The van der Waals surface area contributed by atoms with Crippen LogP contribution < -0.4 is 0 Å². The van der Waals surface area contributed by atoms with Crippen LogP contribution in [0.1, 0.15) is 69.2 Å². The van der Waals surface area contributed by atoms with Crippen molar-refractivity contribution in [2.75, 3.05) is 13.2 Å². The molecule has 0 aliphatic heterocycles. The molecule has 4 atom stereocenters. The van der Waals surface area contributed by atoms with Crippen LogP contribution in [0.4, 0.5) is 0 Å². The van der Waals surface area contributed by atoms with Gasteiger partial charge in [-0.1, -0.05) is 55.4 Å². The molecule has 4 unspecified atom stereocenters. The van der Waals surface area contributed by atoms with Crippen molar-refractivity contribution in [1.82, 2.24) is 0 Å². The molecule has 0 radical (unpaired) electrons. The van der Waals surface area contributed by atoms with E-state index < -0.39 is 28.5 Å². The van der Waals surface area contributed by atoms with Gasteiger partial charge in [0.05, 0.1) is 11.8 Å². The molecule has 0 saturated carbocycles. The van der Waals surface area contributed by atoms with Gasteiger partial charge in [0.15, 0.2) is 22.4 Å². The highest BCUT2D eigenvalue weighted by atomic mass is 28.4. The van der Waals surface area contributed by atoms with E-state index >= 15 is 0 Å². The standard InChI is InChI=1S/C25H50O5Si2/c1-17(15-29-31(11,12)24(5,6)7)21(26)19(3)23(28)20(4)22(27)18(2)16-30-32(13,14)25(8,9)10/h17-20H,15-16H2,1-14H3. The third-order valence-corrected chi connectivity index (χ3v) is 16.7. The lowest BCUT2D eigenvalue weighted by atomic mass is 9.83. The van der Waals surface area contributed by atoms with E-state index in [0.29, 0.717) is 13.2 Å². The van der Waals surface area contributed by atoms with Crippen LogP contribution in [0.15, 0.2) is 0 Å². The van der Waals surface area contributed by atoms with Crippen molar-refractivity contribution in [2.24, 2.45) is 23.7 Å². The summed E-state index contributed by atoms with van der Waals surface area (Å²) in [6.07, 6.45) is 0. The Balaban J connectivity index is 5.01. The van der Waals surface area contributed by atoms with Gasteiger partial charge in [0.1, 0.15) is 11.6 Å². The fourth-order valence-electron chi connectivity index (χ4n) is 2.77. The highest BCUT2D eigenvalue weighted by molar-refractivity contribution is 6.74.